The van der Waals surface area contributed by atoms with Crippen LogP contribution >= 0.6 is 11.3 Å². The quantitative estimate of drug-likeness (QED) is 0.195. The van der Waals surface area contributed by atoms with Crippen LogP contribution in [0.1, 0.15) is 5.56 Å². The van der Waals surface area contributed by atoms with E-state index in [1.807, 2.05) is 23.5 Å². The lowest BCUT2D eigenvalue weighted by atomic mass is 9.98. The smallest absolute Gasteiger partial charge is 0.101 e. The highest BCUT2D eigenvalue weighted by molar-refractivity contribution is 7.26. The van der Waals surface area contributed by atoms with Crippen molar-refractivity contribution >= 4 is 75.1 Å². The minimum Gasteiger partial charge on any atom is -0.309 e. The van der Waals surface area contributed by atoms with Crippen molar-refractivity contribution in [3.63, 3.8) is 0 Å². The Kier molecular flexibility index (Phi) is 5.51. The molecule has 0 saturated carbocycles. The van der Waals surface area contributed by atoms with Gasteiger partial charge in [-0.3, -0.25) is 0 Å². The Bertz CT molecular complexity index is 2860. The van der Waals surface area contributed by atoms with Crippen LogP contribution in [0.3, 0.4) is 0 Å². The Morgan fingerprint density at radius 1 is 0.489 bits per heavy atom. The number of para-hydroxylation sites is 4. The molecule has 0 fully saturated rings. The van der Waals surface area contributed by atoms with Gasteiger partial charge in [-0.25, -0.2) is 0 Å². The van der Waals surface area contributed by atoms with E-state index in [0.29, 0.717) is 5.56 Å². The maximum Gasteiger partial charge on any atom is 0.101 e. The molecule has 0 aliphatic heterocycles. The Morgan fingerprint density at radius 3 is 1.94 bits per heavy atom. The zero-order valence-corrected chi connectivity index (χ0v) is 26.0. The van der Waals surface area contributed by atoms with Crippen LogP contribution in [-0.2, 0) is 0 Å². The first-order valence-electron chi connectivity index (χ1n) is 15.8. The first-order valence-corrected chi connectivity index (χ1v) is 16.6. The fourth-order valence-electron chi connectivity index (χ4n) is 7.60. The number of thiophene rings is 1. The minimum atomic E-state index is 0.646. The van der Waals surface area contributed by atoms with Gasteiger partial charge < -0.3 is 9.13 Å². The second kappa shape index (κ2) is 9.92. The van der Waals surface area contributed by atoms with E-state index in [0.717, 1.165) is 39.1 Å². The molecule has 10 aromatic rings. The van der Waals surface area contributed by atoms with Gasteiger partial charge in [0.2, 0.25) is 0 Å². The van der Waals surface area contributed by atoms with Crippen LogP contribution in [0.25, 0.3) is 86.3 Å². The van der Waals surface area contributed by atoms with Gasteiger partial charge in [0.1, 0.15) is 6.07 Å². The van der Waals surface area contributed by atoms with E-state index < -0.39 is 0 Å². The number of nitriles is 1. The van der Waals surface area contributed by atoms with E-state index in [-0.39, 0.29) is 0 Å². The largest absolute Gasteiger partial charge is 0.309 e. The molecule has 3 aromatic heterocycles. The van der Waals surface area contributed by atoms with Gasteiger partial charge >= 0.3 is 0 Å². The Balaban J connectivity index is 1.32. The number of hydrogen-bond donors (Lipinski definition) is 0. The molecule has 0 bridgehead atoms. The SMILES string of the molecule is N#Cc1cccc(-c2ccc3c(c2)c2ccc4sc5ccccc5c4c2n3-c2ccccc2)c1-n1c2ccccc2c2ccccc21. The summed E-state index contributed by atoms with van der Waals surface area (Å²) in [6.07, 6.45) is 0. The topological polar surface area (TPSA) is 33.6 Å². The summed E-state index contributed by atoms with van der Waals surface area (Å²) in [5.74, 6) is 0. The van der Waals surface area contributed by atoms with Gasteiger partial charge in [0.25, 0.3) is 0 Å². The normalized spacial score (nSPS) is 11.8. The van der Waals surface area contributed by atoms with Gasteiger partial charge in [0.05, 0.1) is 33.3 Å². The molecule has 3 heterocycles. The van der Waals surface area contributed by atoms with Crippen molar-refractivity contribution in [1.29, 1.82) is 5.26 Å². The maximum absolute atomic E-state index is 10.5. The van der Waals surface area contributed by atoms with Crippen molar-refractivity contribution in [2.24, 2.45) is 0 Å². The van der Waals surface area contributed by atoms with E-state index >= 15 is 0 Å². The zero-order chi connectivity index (χ0) is 31.1. The van der Waals surface area contributed by atoms with E-state index in [2.05, 4.69) is 155 Å². The number of aromatic nitrogens is 2. The molecule has 0 radical (unpaired) electrons. The van der Waals surface area contributed by atoms with Gasteiger partial charge in [-0.05, 0) is 60.2 Å². The highest BCUT2D eigenvalue weighted by atomic mass is 32.1. The fraction of sp³-hybridized carbons (Fsp3) is 0. The lowest BCUT2D eigenvalue weighted by Gasteiger charge is -2.16. The van der Waals surface area contributed by atoms with Crippen LogP contribution in [0.4, 0.5) is 0 Å². The van der Waals surface area contributed by atoms with Gasteiger partial charge in [-0.15, -0.1) is 11.3 Å². The first kappa shape index (κ1) is 26.1. The molecule has 0 spiro atoms. The van der Waals surface area contributed by atoms with Crippen LogP contribution in [-0.4, -0.2) is 9.13 Å². The summed E-state index contributed by atoms with van der Waals surface area (Å²) in [5.41, 5.74) is 9.36. The minimum absolute atomic E-state index is 0.646. The molecule has 4 heteroatoms. The van der Waals surface area contributed by atoms with Crippen molar-refractivity contribution in [2.75, 3.05) is 0 Å². The maximum atomic E-state index is 10.5. The summed E-state index contributed by atoms with van der Waals surface area (Å²) in [6.45, 7) is 0. The zero-order valence-electron chi connectivity index (χ0n) is 25.2. The monoisotopic (exact) mass is 615 g/mol. The van der Waals surface area contributed by atoms with Gasteiger partial charge in [-0.2, -0.15) is 5.26 Å². The average Bonchev–Trinajstić information content (AvgIpc) is 3.79. The molecule has 3 nitrogen and oxygen atoms in total. The number of rotatable bonds is 3. The second-order valence-electron chi connectivity index (χ2n) is 12.0. The molecule has 0 unspecified atom stereocenters. The van der Waals surface area contributed by atoms with Crippen LogP contribution < -0.4 is 0 Å². The Hall–Kier alpha value is -6.15. The molecule has 0 saturated heterocycles. The highest BCUT2D eigenvalue weighted by Gasteiger charge is 2.21. The van der Waals surface area contributed by atoms with Crippen LogP contribution in [0, 0.1) is 11.3 Å². The number of fused-ring (bicyclic) bond motifs is 10. The highest BCUT2D eigenvalue weighted by Crippen LogP contribution is 2.45. The number of benzene rings is 7. The summed E-state index contributed by atoms with van der Waals surface area (Å²) < 4.78 is 7.28. The van der Waals surface area contributed by atoms with Gasteiger partial charge in [-0.1, -0.05) is 97.1 Å². The third kappa shape index (κ3) is 3.66. The summed E-state index contributed by atoms with van der Waals surface area (Å²) >= 11 is 1.85. The first-order chi connectivity index (χ1) is 23.3. The van der Waals surface area contributed by atoms with Crippen LogP contribution in [0.5, 0.6) is 0 Å². The molecule has 0 N–H and O–H groups in total. The van der Waals surface area contributed by atoms with Crippen LogP contribution in [0.15, 0.2) is 152 Å². The van der Waals surface area contributed by atoms with Crippen molar-refractivity contribution in [2.45, 2.75) is 0 Å². The third-order valence-corrected chi connectivity index (χ3v) is 10.7. The molecule has 7 aromatic carbocycles. The lowest BCUT2D eigenvalue weighted by molar-refractivity contribution is 1.17. The van der Waals surface area contributed by atoms with E-state index in [1.54, 1.807) is 0 Å². The summed E-state index contributed by atoms with van der Waals surface area (Å²) in [7, 11) is 0. The van der Waals surface area contributed by atoms with Crippen molar-refractivity contribution in [3.05, 3.63) is 157 Å². The molecule has 0 atom stereocenters. The molecule has 0 aliphatic carbocycles. The molecule has 0 amide bonds. The Morgan fingerprint density at radius 2 is 1.17 bits per heavy atom. The van der Waals surface area contributed by atoms with Crippen molar-refractivity contribution in [3.8, 4) is 28.6 Å². The fourth-order valence-corrected chi connectivity index (χ4v) is 8.71. The second-order valence-corrected chi connectivity index (χ2v) is 13.1. The van der Waals surface area contributed by atoms with Crippen LogP contribution in [0.2, 0.25) is 0 Å². The standard InChI is InChI=1S/C43H25N3S/c44-26-28-11-10-17-30(42(28)46-36-18-7-4-14-31(36)32-15-5-8-19-37(32)46)27-21-23-38-35(25-27)33-22-24-40-41(34-16-6-9-20-39(34)47-40)43(33)45(38)29-12-2-1-3-13-29/h1-25H. The summed E-state index contributed by atoms with van der Waals surface area (Å²) in [4.78, 5) is 0. The van der Waals surface area contributed by atoms with E-state index in [4.69, 9.17) is 0 Å². The van der Waals surface area contributed by atoms with E-state index in [9.17, 15) is 5.26 Å². The van der Waals surface area contributed by atoms with Crippen molar-refractivity contribution < 1.29 is 0 Å². The third-order valence-electron chi connectivity index (χ3n) is 9.55. The molecule has 218 valence electrons. The predicted molar refractivity (Wildman–Crippen MR) is 198 cm³/mol. The Labute approximate surface area is 274 Å². The molecule has 10 rings (SSSR count). The molecule has 0 aliphatic rings. The summed E-state index contributed by atoms with van der Waals surface area (Å²) in [6, 6.07) is 56.4. The lowest BCUT2D eigenvalue weighted by Crippen LogP contribution is -2.01. The number of hydrogen-bond acceptors (Lipinski definition) is 2. The molecular weight excluding hydrogens is 591 g/mol. The van der Waals surface area contributed by atoms with E-state index in [1.165, 1.54) is 47.2 Å². The molecular formula is C43H25N3S. The molecule has 47 heavy (non-hydrogen) atoms. The van der Waals surface area contributed by atoms with Crippen molar-refractivity contribution in [1.82, 2.24) is 9.13 Å². The average molecular weight is 616 g/mol. The number of nitrogens with zero attached hydrogens (tertiary/aromatic N) is 3. The van der Waals surface area contributed by atoms with Gasteiger partial charge in [0, 0.05) is 53.0 Å². The van der Waals surface area contributed by atoms with Gasteiger partial charge in [0.15, 0.2) is 0 Å². The summed E-state index contributed by atoms with van der Waals surface area (Å²) in [5, 5.41) is 17.8. The predicted octanol–water partition coefficient (Wildman–Crippen LogP) is 11.8.